The number of aryl methyl sites for hydroxylation is 2. The Labute approximate surface area is 155 Å². The van der Waals surface area contributed by atoms with Crippen molar-refractivity contribution >= 4 is 33.2 Å². The third kappa shape index (κ3) is 3.02. The van der Waals surface area contributed by atoms with Gasteiger partial charge in [-0.05, 0) is 31.2 Å². The quantitative estimate of drug-likeness (QED) is 0.745. The van der Waals surface area contributed by atoms with Gasteiger partial charge in [-0.2, -0.15) is 0 Å². The molecule has 4 rings (SSSR count). The summed E-state index contributed by atoms with van der Waals surface area (Å²) in [6.45, 7) is 2.46. The second-order valence-electron chi connectivity index (χ2n) is 6.84. The topological polar surface area (TPSA) is 81.3 Å². The molecule has 1 fully saturated rings. The summed E-state index contributed by atoms with van der Waals surface area (Å²) in [5.41, 5.74) is 0.798. The van der Waals surface area contributed by atoms with Crippen molar-refractivity contribution in [3.05, 3.63) is 27.6 Å². The predicted octanol–water partition coefficient (Wildman–Crippen LogP) is 2.51. The van der Waals surface area contributed by atoms with Gasteiger partial charge in [-0.25, -0.2) is 0 Å². The second-order valence-corrected chi connectivity index (χ2v) is 7.75. The van der Waals surface area contributed by atoms with Crippen LogP contribution in [0.2, 0.25) is 0 Å². The van der Waals surface area contributed by atoms with Gasteiger partial charge in [0, 0.05) is 25.4 Å². The molecule has 7 nitrogen and oxygen atoms in total. The first-order valence-corrected chi connectivity index (χ1v) is 10.2. The summed E-state index contributed by atoms with van der Waals surface area (Å²) in [5, 5.41) is 13.5. The van der Waals surface area contributed by atoms with E-state index in [1.807, 2.05) is 22.8 Å². The molecule has 0 bridgehead atoms. The van der Waals surface area contributed by atoms with Crippen molar-refractivity contribution in [2.24, 2.45) is 0 Å². The van der Waals surface area contributed by atoms with E-state index in [4.69, 9.17) is 0 Å². The Balaban J connectivity index is 1.58. The van der Waals surface area contributed by atoms with Gasteiger partial charge in [-0.3, -0.25) is 18.6 Å². The Kier molecular flexibility index (Phi) is 4.76. The van der Waals surface area contributed by atoms with Gasteiger partial charge in [0.15, 0.2) is 0 Å². The van der Waals surface area contributed by atoms with Crippen LogP contribution in [0.15, 0.2) is 16.2 Å². The Hall–Kier alpha value is -2.22. The van der Waals surface area contributed by atoms with Crippen molar-refractivity contribution in [3.63, 3.8) is 0 Å². The number of rotatable bonds is 5. The number of carbonyl (C=O) groups excluding carboxylic acids is 1. The number of carbonyl (C=O) groups is 1. The van der Waals surface area contributed by atoms with Crippen LogP contribution >= 0.6 is 11.3 Å². The maximum Gasteiger partial charge on any atom is 0.272 e. The summed E-state index contributed by atoms with van der Waals surface area (Å²) in [4.78, 5) is 24.9. The van der Waals surface area contributed by atoms with Crippen LogP contribution in [0, 0.1) is 0 Å². The van der Waals surface area contributed by atoms with Crippen LogP contribution in [-0.4, -0.2) is 31.1 Å². The van der Waals surface area contributed by atoms with Crippen LogP contribution in [-0.2, 0) is 17.8 Å². The zero-order valence-corrected chi connectivity index (χ0v) is 15.7. The van der Waals surface area contributed by atoms with Gasteiger partial charge in [-0.1, -0.05) is 19.3 Å². The summed E-state index contributed by atoms with van der Waals surface area (Å²) in [6, 6.07) is 2.24. The Bertz CT molecular complexity index is 996. The second kappa shape index (κ2) is 7.19. The fourth-order valence-electron chi connectivity index (χ4n) is 3.80. The predicted molar refractivity (Wildman–Crippen MR) is 102 cm³/mol. The molecule has 3 aromatic heterocycles. The van der Waals surface area contributed by atoms with Gasteiger partial charge in [0.2, 0.25) is 11.7 Å². The molecule has 0 aromatic carbocycles. The van der Waals surface area contributed by atoms with Crippen LogP contribution in [0.1, 0.15) is 51.3 Å². The first-order valence-electron chi connectivity index (χ1n) is 9.32. The maximum absolute atomic E-state index is 12.6. The summed E-state index contributed by atoms with van der Waals surface area (Å²) in [5.74, 6) is 1.34. The van der Waals surface area contributed by atoms with Gasteiger partial charge in [0.1, 0.15) is 10.5 Å². The van der Waals surface area contributed by atoms with E-state index in [2.05, 4.69) is 15.5 Å². The highest BCUT2D eigenvalue weighted by molar-refractivity contribution is 7.17. The fourth-order valence-corrected chi connectivity index (χ4v) is 4.62. The smallest absolute Gasteiger partial charge is 0.272 e. The minimum absolute atomic E-state index is 0.0287. The Morgan fingerprint density at radius 1 is 1.31 bits per heavy atom. The van der Waals surface area contributed by atoms with E-state index < -0.39 is 0 Å². The largest absolute Gasteiger partial charge is 0.353 e. The van der Waals surface area contributed by atoms with Gasteiger partial charge in [-0.15, -0.1) is 21.5 Å². The third-order valence-corrected chi connectivity index (χ3v) is 6.03. The third-order valence-electron chi connectivity index (χ3n) is 5.14. The van der Waals surface area contributed by atoms with Crippen LogP contribution in [0.4, 0.5) is 0 Å². The summed E-state index contributed by atoms with van der Waals surface area (Å²) >= 11 is 1.43. The monoisotopic (exact) mass is 373 g/mol. The van der Waals surface area contributed by atoms with Gasteiger partial charge in [0.25, 0.3) is 5.56 Å². The highest BCUT2D eigenvalue weighted by atomic mass is 32.1. The number of nitrogens with zero attached hydrogens (tertiary/aromatic N) is 4. The molecule has 1 aliphatic rings. The first kappa shape index (κ1) is 17.2. The fraction of sp³-hybridized carbons (Fsp3) is 0.556. The normalized spacial score (nSPS) is 15.7. The molecular weight excluding hydrogens is 350 g/mol. The number of fused-ring (bicyclic) bond motifs is 3. The number of hydrogen-bond acceptors (Lipinski definition) is 5. The van der Waals surface area contributed by atoms with Crippen molar-refractivity contribution < 1.29 is 4.79 Å². The van der Waals surface area contributed by atoms with Gasteiger partial charge in [0.05, 0.1) is 5.52 Å². The Morgan fingerprint density at radius 2 is 2.12 bits per heavy atom. The van der Waals surface area contributed by atoms with E-state index >= 15 is 0 Å². The summed E-state index contributed by atoms with van der Waals surface area (Å²) in [7, 11) is 0. The standard InChI is InChI=1S/C18H23N5O2S/c1-2-22-17(25)16-13(10-11-26-16)23-14(20-21-18(22)23)8-9-15(24)19-12-6-4-3-5-7-12/h10-12H,2-9H2,1H3,(H,19,24). The molecule has 26 heavy (non-hydrogen) atoms. The number of aromatic nitrogens is 4. The summed E-state index contributed by atoms with van der Waals surface area (Å²) < 4.78 is 4.26. The van der Waals surface area contributed by atoms with Crippen molar-refractivity contribution in [1.29, 1.82) is 0 Å². The van der Waals surface area contributed by atoms with E-state index in [1.165, 1.54) is 30.6 Å². The van der Waals surface area contributed by atoms with Crippen LogP contribution < -0.4 is 10.9 Å². The molecule has 0 radical (unpaired) electrons. The highest BCUT2D eigenvalue weighted by Gasteiger charge is 2.19. The van der Waals surface area contributed by atoms with Crippen LogP contribution in [0.25, 0.3) is 16.0 Å². The number of amides is 1. The van der Waals surface area contributed by atoms with Crippen molar-refractivity contribution in [2.75, 3.05) is 0 Å². The molecule has 0 atom stereocenters. The molecule has 1 N–H and O–H groups in total. The molecule has 3 heterocycles. The lowest BCUT2D eigenvalue weighted by Crippen LogP contribution is -2.36. The molecule has 0 unspecified atom stereocenters. The van der Waals surface area contributed by atoms with Crippen molar-refractivity contribution in [3.8, 4) is 0 Å². The van der Waals surface area contributed by atoms with Gasteiger partial charge < -0.3 is 5.32 Å². The average molecular weight is 373 g/mol. The van der Waals surface area contributed by atoms with Gasteiger partial charge >= 0.3 is 0 Å². The number of hydrogen-bond donors (Lipinski definition) is 1. The first-order chi connectivity index (χ1) is 12.7. The lowest BCUT2D eigenvalue weighted by atomic mass is 9.95. The Morgan fingerprint density at radius 3 is 2.88 bits per heavy atom. The molecule has 0 aliphatic heterocycles. The van der Waals surface area contributed by atoms with E-state index in [-0.39, 0.29) is 11.5 Å². The summed E-state index contributed by atoms with van der Waals surface area (Å²) in [6.07, 6.45) is 6.72. The molecule has 0 saturated heterocycles. The molecule has 1 saturated carbocycles. The van der Waals surface area contributed by atoms with E-state index in [0.29, 0.717) is 35.9 Å². The minimum atomic E-state index is -0.0287. The number of nitrogens with one attached hydrogen (secondary N) is 1. The SMILES string of the molecule is CCn1c(=O)c2sccc2n2c(CCC(=O)NC3CCCCC3)nnc12. The molecule has 1 amide bonds. The van der Waals surface area contributed by atoms with E-state index in [9.17, 15) is 9.59 Å². The lowest BCUT2D eigenvalue weighted by molar-refractivity contribution is -0.122. The van der Waals surface area contributed by atoms with Crippen LogP contribution in [0.3, 0.4) is 0 Å². The molecule has 3 aromatic rings. The molecule has 138 valence electrons. The average Bonchev–Trinajstić information content (AvgIpc) is 3.28. The number of thiophene rings is 1. The zero-order valence-electron chi connectivity index (χ0n) is 14.9. The molecule has 0 spiro atoms. The van der Waals surface area contributed by atoms with Crippen molar-refractivity contribution in [2.45, 2.75) is 64.5 Å². The zero-order chi connectivity index (χ0) is 18.1. The molecular formula is C18H23N5O2S. The van der Waals surface area contributed by atoms with Crippen molar-refractivity contribution in [1.82, 2.24) is 24.5 Å². The molecule has 8 heteroatoms. The minimum Gasteiger partial charge on any atom is -0.353 e. The van der Waals surface area contributed by atoms with E-state index in [1.54, 1.807) is 4.57 Å². The van der Waals surface area contributed by atoms with E-state index in [0.717, 1.165) is 24.2 Å². The maximum atomic E-state index is 12.6. The highest BCUT2D eigenvalue weighted by Crippen LogP contribution is 2.20. The lowest BCUT2D eigenvalue weighted by Gasteiger charge is -2.22. The molecule has 1 aliphatic carbocycles. The van der Waals surface area contributed by atoms with Crippen LogP contribution in [0.5, 0.6) is 0 Å².